The molecule has 3 nitrogen and oxygen atoms in total. The summed E-state index contributed by atoms with van der Waals surface area (Å²) in [6.07, 6.45) is 3.69. The van der Waals surface area contributed by atoms with Gasteiger partial charge < -0.3 is 4.42 Å². The van der Waals surface area contributed by atoms with Gasteiger partial charge in [-0.1, -0.05) is 13.3 Å². The van der Waals surface area contributed by atoms with Crippen molar-refractivity contribution in [3.8, 4) is 0 Å². The SMILES string of the molecule is CC(Cl)c1nnc(C2CCCC2C)o1. The molecule has 0 radical (unpaired) electrons. The summed E-state index contributed by atoms with van der Waals surface area (Å²) in [7, 11) is 0. The van der Waals surface area contributed by atoms with E-state index in [1.807, 2.05) is 6.92 Å². The van der Waals surface area contributed by atoms with Gasteiger partial charge in [0.2, 0.25) is 11.8 Å². The van der Waals surface area contributed by atoms with Gasteiger partial charge in [0.25, 0.3) is 0 Å². The minimum Gasteiger partial charge on any atom is -0.423 e. The van der Waals surface area contributed by atoms with Crippen LogP contribution in [0.3, 0.4) is 0 Å². The lowest BCUT2D eigenvalue weighted by Gasteiger charge is -2.09. The maximum atomic E-state index is 5.86. The molecular weight excluding hydrogens is 200 g/mol. The minimum atomic E-state index is -0.187. The molecule has 0 saturated heterocycles. The van der Waals surface area contributed by atoms with Gasteiger partial charge in [-0.3, -0.25) is 0 Å². The predicted molar refractivity (Wildman–Crippen MR) is 54.3 cm³/mol. The Labute approximate surface area is 88.9 Å². The summed E-state index contributed by atoms with van der Waals surface area (Å²) in [6.45, 7) is 4.09. The third kappa shape index (κ3) is 1.78. The number of alkyl halides is 1. The zero-order chi connectivity index (χ0) is 10.1. The standard InChI is InChI=1S/C10H15ClN2O/c1-6-4-3-5-8(6)10-13-12-9(14-10)7(2)11/h6-8H,3-5H2,1-2H3. The van der Waals surface area contributed by atoms with Crippen LogP contribution in [0, 0.1) is 5.92 Å². The lowest BCUT2D eigenvalue weighted by molar-refractivity contribution is 0.380. The average molecular weight is 215 g/mol. The molecule has 3 atom stereocenters. The zero-order valence-electron chi connectivity index (χ0n) is 8.53. The molecule has 0 aromatic carbocycles. The molecule has 1 aliphatic carbocycles. The Bertz CT molecular complexity index is 311. The molecule has 1 aromatic rings. The molecule has 0 bridgehead atoms. The van der Waals surface area contributed by atoms with Crippen molar-refractivity contribution in [1.82, 2.24) is 10.2 Å². The Morgan fingerprint density at radius 3 is 2.71 bits per heavy atom. The van der Waals surface area contributed by atoms with E-state index < -0.39 is 0 Å². The Morgan fingerprint density at radius 1 is 1.43 bits per heavy atom. The first-order chi connectivity index (χ1) is 6.68. The molecule has 0 amide bonds. The van der Waals surface area contributed by atoms with Gasteiger partial charge in [0, 0.05) is 5.92 Å². The Hall–Kier alpha value is -0.570. The highest BCUT2D eigenvalue weighted by atomic mass is 35.5. The van der Waals surface area contributed by atoms with Crippen LogP contribution in [0.25, 0.3) is 0 Å². The van der Waals surface area contributed by atoms with E-state index in [1.54, 1.807) is 0 Å². The zero-order valence-corrected chi connectivity index (χ0v) is 9.29. The molecule has 0 N–H and O–H groups in total. The third-order valence-corrected chi connectivity index (χ3v) is 3.16. The molecule has 3 unspecified atom stereocenters. The van der Waals surface area contributed by atoms with Crippen molar-refractivity contribution in [3.05, 3.63) is 11.8 Å². The molecule has 1 aliphatic rings. The maximum absolute atomic E-state index is 5.86. The fraction of sp³-hybridized carbons (Fsp3) is 0.800. The highest BCUT2D eigenvalue weighted by Gasteiger charge is 2.29. The molecule has 1 saturated carbocycles. The van der Waals surface area contributed by atoms with Gasteiger partial charge in [0.1, 0.15) is 5.38 Å². The van der Waals surface area contributed by atoms with E-state index in [0.717, 1.165) is 5.89 Å². The fourth-order valence-corrected chi connectivity index (χ4v) is 2.16. The van der Waals surface area contributed by atoms with E-state index in [0.29, 0.717) is 17.7 Å². The molecule has 1 aromatic heterocycles. The van der Waals surface area contributed by atoms with Crippen LogP contribution < -0.4 is 0 Å². The number of nitrogens with zero attached hydrogens (tertiary/aromatic N) is 2. The summed E-state index contributed by atoms with van der Waals surface area (Å²) in [4.78, 5) is 0. The molecule has 0 aliphatic heterocycles. The normalized spacial score (nSPS) is 29.4. The largest absolute Gasteiger partial charge is 0.423 e. The maximum Gasteiger partial charge on any atom is 0.234 e. The van der Waals surface area contributed by atoms with Gasteiger partial charge in [-0.2, -0.15) is 0 Å². The van der Waals surface area contributed by atoms with Crippen LogP contribution in [0.15, 0.2) is 4.42 Å². The number of rotatable bonds is 2. The minimum absolute atomic E-state index is 0.187. The van der Waals surface area contributed by atoms with E-state index in [9.17, 15) is 0 Å². The number of aromatic nitrogens is 2. The number of hydrogen-bond donors (Lipinski definition) is 0. The summed E-state index contributed by atoms with van der Waals surface area (Å²) in [5.41, 5.74) is 0. The van der Waals surface area contributed by atoms with Gasteiger partial charge >= 0.3 is 0 Å². The van der Waals surface area contributed by atoms with Gasteiger partial charge in [-0.25, -0.2) is 0 Å². The van der Waals surface area contributed by atoms with E-state index in [2.05, 4.69) is 17.1 Å². The Kier molecular flexibility index (Phi) is 2.77. The molecule has 1 heterocycles. The lowest BCUT2D eigenvalue weighted by atomic mass is 9.98. The van der Waals surface area contributed by atoms with Crippen molar-refractivity contribution in [1.29, 1.82) is 0 Å². The van der Waals surface area contributed by atoms with E-state index in [4.69, 9.17) is 16.0 Å². The molecule has 14 heavy (non-hydrogen) atoms. The van der Waals surface area contributed by atoms with Gasteiger partial charge in [-0.15, -0.1) is 21.8 Å². The van der Waals surface area contributed by atoms with Crippen LogP contribution in [0.1, 0.15) is 56.2 Å². The first-order valence-corrected chi connectivity index (χ1v) is 5.59. The summed E-state index contributed by atoms with van der Waals surface area (Å²) in [5, 5.41) is 7.83. The average Bonchev–Trinajstić information content (AvgIpc) is 2.71. The van der Waals surface area contributed by atoms with Crippen molar-refractivity contribution in [3.63, 3.8) is 0 Å². The number of hydrogen-bond acceptors (Lipinski definition) is 3. The fourth-order valence-electron chi connectivity index (χ4n) is 2.07. The smallest absolute Gasteiger partial charge is 0.234 e. The van der Waals surface area contributed by atoms with Crippen LogP contribution in [0.2, 0.25) is 0 Å². The quantitative estimate of drug-likeness (QED) is 0.710. The highest BCUT2D eigenvalue weighted by molar-refractivity contribution is 6.20. The highest BCUT2D eigenvalue weighted by Crippen LogP contribution is 2.38. The van der Waals surface area contributed by atoms with Crippen LogP contribution in [-0.4, -0.2) is 10.2 Å². The van der Waals surface area contributed by atoms with Crippen molar-refractivity contribution in [2.45, 2.75) is 44.4 Å². The van der Waals surface area contributed by atoms with Crippen LogP contribution in [0.4, 0.5) is 0 Å². The van der Waals surface area contributed by atoms with E-state index >= 15 is 0 Å². The summed E-state index contributed by atoms with van der Waals surface area (Å²) in [6, 6.07) is 0. The molecule has 1 fully saturated rings. The Morgan fingerprint density at radius 2 is 2.21 bits per heavy atom. The van der Waals surface area contributed by atoms with Crippen LogP contribution >= 0.6 is 11.6 Å². The summed E-state index contributed by atoms with van der Waals surface area (Å²) < 4.78 is 5.55. The van der Waals surface area contributed by atoms with E-state index in [1.165, 1.54) is 19.3 Å². The first-order valence-electron chi connectivity index (χ1n) is 5.16. The van der Waals surface area contributed by atoms with Gasteiger partial charge in [-0.05, 0) is 25.7 Å². The molecule has 4 heteroatoms. The van der Waals surface area contributed by atoms with Crippen LogP contribution in [-0.2, 0) is 0 Å². The van der Waals surface area contributed by atoms with Crippen molar-refractivity contribution in [2.75, 3.05) is 0 Å². The molecular formula is C10H15ClN2O. The Balaban J connectivity index is 2.16. The van der Waals surface area contributed by atoms with Gasteiger partial charge in [0.15, 0.2) is 0 Å². The third-order valence-electron chi connectivity index (χ3n) is 2.98. The lowest BCUT2D eigenvalue weighted by Crippen LogP contribution is -2.02. The molecule has 2 rings (SSSR count). The molecule has 78 valence electrons. The molecule has 0 spiro atoms. The van der Waals surface area contributed by atoms with Crippen molar-refractivity contribution < 1.29 is 4.42 Å². The summed E-state index contributed by atoms with van der Waals surface area (Å²) in [5.74, 6) is 2.43. The monoisotopic (exact) mass is 214 g/mol. The van der Waals surface area contributed by atoms with Crippen molar-refractivity contribution in [2.24, 2.45) is 5.92 Å². The second-order valence-electron chi connectivity index (χ2n) is 4.11. The first kappa shape index (κ1) is 9.97. The topological polar surface area (TPSA) is 38.9 Å². The second-order valence-corrected chi connectivity index (χ2v) is 4.76. The van der Waals surface area contributed by atoms with Crippen LogP contribution in [0.5, 0.6) is 0 Å². The van der Waals surface area contributed by atoms with E-state index in [-0.39, 0.29) is 5.38 Å². The second kappa shape index (κ2) is 3.89. The predicted octanol–water partition coefficient (Wildman–Crippen LogP) is 3.27. The van der Waals surface area contributed by atoms with Gasteiger partial charge in [0.05, 0.1) is 0 Å². The number of halogens is 1. The summed E-state index contributed by atoms with van der Waals surface area (Å²) >= 11 is 5.86. The van der Waals surface area contributed by atoms with Crippen molar-refractivity contribution >= 4 is 11.6 Å².